The maximum Gasteiger partial charge on any atom is 0.266 e. The molecule has 7 nitrogen and oxygen atoms in total. The van der Waals surface area contributed by atoms with Gasteiger partial charge in [-0.2, -0.15) is 0 Å². The Morgan fingerprint density at radius 1 is 1.35 bits per heavy atom. The molecule has 0 aromatic carbocycles. The zero-order valence-electron chi connectivity index (χ0n) is 13.8. The van der Waals surface area contributed by atoms with Crippen LogP contribution in [0.5, 0.6) is 0 Å². The number of aryl methyl sites for hydroxylation is 1. The number of amides is 2. The number of rotatable bonds is 3. The van der Waals surface area contributed by atoms with Crippen molar-refractivity contribution < 1.29 is 9.59 Å². The van der Waals surface area contributed by atoms with E-state index in [0.29, 0.717) is 18.0 Å². The van der Waals surface area contributed by atoms with Crippen LogP contribution < -0.4 is 5.32 Å². The molecule has 3 rings (SSSR count). The van der Waals surface area contributed by atoms with E-state index in [4.69, 9.17) is 0 Å². The smallest absolute Gasteiger partial charge is 0.266 e. The number of likely N-dealkylation sites (N-methyl/N-ethyl adjacent to an activating group) is 1. The van der Waals surface area contributed by atoms with Crippen molar-refractivity contribution in [3.8, 4) is 0 Å². The summed E-state index contributed by atoms with van der Waals surface area (Å²) in [5.74, 6) is 0.105. The molecule has 0 aliphatic carbocycles. The molecule has 8 heteroatoms. The summed E-state index contributed by atoms with van der Waals surface area (Å²) >= 11 is 1.39. The van der Waals surface area contributed by atoms with E-state index in [-0.39, 0.29) is 17.9 Å². The molecule has 2 aliphatic heterocycles. The van der Waals surface area contributed by atoms with Gasteiger partial charge in [-0.15, -0.1) is 0 Å². The molecule has 3 heterocycles. The van der Waals surface area contributed by atoms with Crippen LogP contribution in [0.25, 0.3) is 0 Å². The molecule has 0 saturated carbocycles. The first-order valence-corrected chi connectivity index (χ1v) is 8.82. The summed E-state index contributed by atoms with van der Waals surface area (Å²) in [7, 11) is 1.83. The molecule has 0 spiro atoms. The predicted molar refractivity (Wildman–Crippen MR) is 89.9 cm³/mol. The van der Waals surface area contributed by atoms with Crippen LogP contribution >= 0.6 is 11.3 Å². The van der Waals surface area contributed by atoms with Crippen LogP contribution in [0.15, 0.2) is 0 Å². The molecule has 0 unspecified atom stereocenters. The molecule has 1 aromatic rings. The fourth-order valence-electron chi connectivity index (χ4n) is 3.12. The van der Waals surface area contributed by atoms with Gasteiger partial charge >= 0.3 is 0 Å². The maximum absolute atomic E-state index is 12.8. The van der Waals surface area contributed by atoms with Gasteiger partial charge in [0.25, 0.3) is 5.91 Å². The molecule has 0 bridgehead atoms. The number of thiazole rings is 1. The van der Waals surface area contributed by atoms with E-state index in [1.54, 1.807) is 9.80 Å². The van der Waals surface area contributed by atoms with Gasteiger partial charge in [0, 0.05) is 46.3 Å². The van der Waals surface area contributed by atoms with E-state index in [2.05, 4.69) is 15.2 Å². The van der Waals surface area contributed by atoms with Gasteiger partial charge in [-0.05, 0) is 13.8 Å². The van der Waals surface area contributed by atoms with Gasteiger partial charge in [0.15, 0.2) is 5.13 Å². The van der Waals surface area contributed by atoms with Crippen molar-refractivity contribution in [1.29, 1.82) is 0 Å². The van der Waals surface area contributed by atoms with Crippen LogP contribution in [-0.2, 0) is 4.79 Å². The van der Waals surface area contributed by atoms with Crippen molar-refractivity contribution in [2.24, 2.45) is 0 Å². The lowest BCUT2D eigenvalue weighted by molar-refractivity contribution is -0.142. The van der Waals surface area contributed by atoms with Crippen LogP contribution in [0.1, 0.15) is 22.3 Å². The molecule has 1 N–H and O–H groups in total. The van der Waals surface area contributed by atoms with Gasteiger partial charge in [-0.3, -0.25) is 14.5 Å². The van der Waals surface area contributed by atoms with E-state index in [1.165, 1.54) is 11.3 Å². The Balaban J connectivity index is 1.74. The molecule has 1 aromatic heterocycles. The number of nitrogens with one attached hydrogen (secondary N) is 1. The fraction of sp³-hybridized carbons (Fsp3) is 0.667. The third-order valence-corrected chi connectivity index (χ3v) is 5.58. The number of anilines is 1. The largest absolute Gasteiger partial charge is 0.362 e. The molecular formula is C15H23N5O2S. The van der Waals surface area contributed by atoms with Crippen LogP contribution in [0.2, 0.25) is 0 Å². The van der Waals surface area contributed by atoms with E-state index in [1.807, 2.05) is 20.9 Å². The summed E-state index contributed by atoms with van der Waals surface area (Å²) in [4.78, 5) is 36.0. The number of carbonyl (C=O) groups is 2. The summed E-state index contributed by atoms with van der Waals surface area (Å²) in [6.45, 7) is 8.19. The lowest BCUT2D eigenvalue weighted by Crippen LogP contribution is -2.64. The average molecular weight is 337 g/mol. The number of aromatic nitrogens is 1. The van der Waals surface area contributed by atoms with Crippen LogP contribution in [0.4, 0.5) is 5.13 Å². The number of carbonyl (C=O) groups excluding carboxylic acids is 2. The molecule has 2 fully saturated rings. The molecule has 126 valence electrons. The minimum atomic E-state index is -0.201. The zero-order valence-corrected chi connectivity index (χ0v) is 14.7. The quantitative estimate of drug-likeness (QED) is 0.869. The number of hydrogen-bond donors (Lipinski definition) is 1. The van der Waals surface area contributed by atoms with E-state index in [9.17, 15) is 9.59 Å². The van der Waals surface area contributed by atoms with E-state index >= 15 is 0 Å². The Bertz CT molecular complexity index is 617. The summed E-state index contributed by atoms with van der Waals surface area (Å²) < 4.78 is 0. The van der Waals surface area contributed by atoms with Crippen LogP contribution in [0.3, 0.4) is 0 Å². The second-order valence-electron chi connectivity index (χ2n) is 6.03. The SMILES string of the molecule is CCNc1nc(C)c(C(=O)N2CCN3CCN(C)C(=O)[C@@H]3C2)s1. The van der Waals surface area contributed by atoms with Crippen molar-refractivity contribution >= 4 is 28.3 Å². The number of fused-ring (bicyclic) bond motifs is 1. The second kappa shape index (κ2) is 6.45. The van der Waals surface area contributed by atoms with E-state index in [0.717, 1.165) is 37.0 Å². The maximum atomic E-state index is 12.8. The molecule has 1 atom stereocenters. The van der Waals surface area contributed by atoms with Crippen molar-refractivity contribution in [1.82, 2.24) is 19.7 Å². The van der Waals surface area contributed by atoms with Gasteiger partial charge in [0.2, 0.25) is 5.91 Å². The van der Waals surface area contributed by atoms with Crippen LogP contribution in [0, 0.1) is 6.92 Å². The van der Waals surface area contributed by atoms with E-state index < -0.39 is 0 Å². The number of piperazine rings is 2. The highest BCUT2D eigenvalue weighted by Crippen LogP contribution is 2.25. The van der Waals surface area contributed by atoms with Gasteiger partial charge in [0.05, 0.1) is 5.69 Å². The lowest BCUT2D eigenvalue weighted by atomic mass is 10.1. The first-order chi connectivity index (χ1) is 11.0. The Labute approximate surface area is 140 Å². The van der Waals surface area contributed by atoms with Crippen molar-refractivity contribution in [3.63, 3.8) is 0 Å². The monoisotopic (exact) mass is 337 g/mol. The molecule has 2 saturated heterocycles. The minimum absolute atomic E-state index is 0.00942. The Kier molecular flexibility index (Phi) is 4.54. The summed E-state index contributed by atoms with van der Waals surface area (Å²) in [5, 5.41) is 3.93. The Hall–Kier alpha value is -1.67. The zero-order chi connectivity index (χ0) is 16.6. The predicted octanol–water partition coefficient (Wildman–Crippen LogP) is 0.482. The van der Waals surface area contributed by atoms with Gasteiger partial charge in [0.1, 0.15) is 10.9 Å². The first-order valence-electron chi connectivity index (χ1n) is 8.01. The van der Waals surface area contributed by atoms with Crippen molar-refractivity contribution in [2.45, 2.75) is 19.9 Å². The third kappa shape index (κ3) is 3.05. The highest BCUT2D eigenvalue weighted by atomic mass is 32.1. The Morgan fingerprint density at radius 3 is 2.83 bits per heavy atom. The highest BCUT2D eigenvalue weighted by Gasteiger charge is 2.39. The summed E-state index contributed by atoms with van der Waals surface area (Å²) in [6, 6.07) is -0.201. The van der Waals surface area contributed by atoms with Crippen molar-refractivity contribution in [3.05, 3.63) is 10.6 Å². The molecule has 23 heavy (non-hydrogen) atoms. The normalized spacial score (nSPS) is 22.2. The summed E-state index contributed by atoms with van der Waals surface area (Å²) in [6.07, 6.45) is 0. The minimum Gasteiger partial charge on any atom is -0.362 e. The molecular weight excluding hydrogens is 314 g/mol. The molecule has 2 aliphatic rings. The molecule has 0 radical (unpaired) electrons. The number of hydrogen-bond acceptors (Lipinski definition) is 6. The van der Waals surface area contributed by atoms with Crippen LogP contribution in [-0.4, -0.2) is 83.9 Å². The topological polar surface area (TPSA) is 68.8 Å². The molecule has 2 amide bonds. The lowest BCUT2D eigenvalue weighted by Gasteiger charge is -2.45. The first kappa shape index (κ1) is 16.2. The fourth-order valence-corrected chi connectivity index (χ4v) is 4.12. The second-order valence-corrected chi connectivity index (χ2v) is 7.03. The average Bonchev–Trinajstić information content (AvgIpc) is 2.91. The van der Waals surface area contributed by atoms with Gasteiger partial charge in [-0.1, -0.05) is 11.3 Å². The number of nitrogens with zero attached hydrogens (tertiary/aromatic N) is 4. The van der Waals surface area contributed by atoms with Gasteiger partial charge < -0.3 is 15.1 Å². The van der Waals surface area contributed by atoms with Gasteiger partial charge in [-0.25, -0.2) is 4.98 Å². The standard InChI is InChI=1S/C15H23N5O2S/c1-4-16-15-17-10(2)12(23-15)14(22)20-8-7-19-6-5-18(3)13(21)11(19)9-20/h11H,4-9H2,1-3H3,(H,16,17)/t11-/m0/s1. The van der Waals surface area contributed by atoms with Crippen molar-refractivity contribution in [2.75, 3.05) is 51.6 Å². The highest BCUT2D eigenvalue weighted by molar-refractivity contribution is 7.17. The Morgan fingerprint density at radius 2 is 2.09 bits per heavy atom. The summed E-state index contributed by atoms with van der Waals surface area (Å²) in [5.41, 5.74) is 0.755. The third-order valence-electron chi connectivity index (χ3n) is 4.48.